The van der Waals surface area contributed by atoms with Gasteiger partial charge >= 0.3 is 6.03 Å². The Morgan fingerprint density at radius 2 is 2.16 bits per heavy atom. The second kappa shape index (κ2) is 6.34. The number of nitrogens with one attached hydrogen (secondary N) is 3. The number of nitrogens with zero attached hydrogens (tertiary/aromatic N) is 2. The number of amides is 2. The monoisotopic (exact) mass is 279 g/mol. The summed E-state index contributed by atoms with van der Waals surface area (Å²) >= 11 is 5.53. The van der Waals surface area contributed by atoms with Gasteiger partial charge < -0.3 is 10.6 Å². The number of hydrogen-bond acceptors (Lipinski definition) is 4. The summed E-state index contributed by atoms with van der Waals surface area (Å²) in [5.74, 6) is -0.816. The molecule has 8 heteroatoms. The molecular formula is C11H7ClFN5O. The lowest BCUT2D eigenvalue weighted by atomic mass is 10.2. The molecule has 3 N–H and O–H groups in total. The third-order valence-corrected chi connectivity index (χ3v) is 2.31. The van der Waals surface area contributed by atoms with Crippen molar-refractivity contribution in [3.63, 3.8) is 0 Å². The molecule has 0 spiro atoms. The minimum Gasteiger partial charge on any atom is -0.316 e. The highest BCUT2D eigenvalue weighted by Gasteiger charge is 2.17. The Morgan fingerprint density at radius 3 is 2.74 bits per heavy atom. The van der Waals surface area contributed by atoms with E-state index in [9.17, 15) is 9.18 Å². The average molecular weight is 280 g/mol. The van der Waals surface area contributed by atoms with Crippen LogP contribution in [-0.4, -0.2) is 17.8 Å². The van der Waals surface area contributed by atoms with Crippen LogP contribution in [0.5, 0.6) is 0 Å². The van der Waals surface area contributed by atoms with Gasteiger partial charge in [0.25, 0.3) is 0 Å². The first-order valence-corrected chi connectivity index (χ1v) is 5.27. The van der Waals surface area contributed by atoms with Gasteiger partial charge in [0.1, 0.15) is 11.8 Å². The molecule has 0 fully saturated rings. The van der Waals surface area contributed by atoms with Crippen LogP contribution in [0.1, 0.15) is 0 Å². The lowest BCUT2D eigenvalue weighted by Gasteiger charge is -2.11. The number of nitriles is 2. The fourth-order valence-corrected chi connectivity index (χ4v) is 1.30. The SMILES string of the molecule is N#CC(=N)C(C#N)NC(=O)Nc1cccc(Cl)c1F. The smallest absolute Gasteiger partial charge is 0.316 e. The zero-order valence-corrected chi connectivity index (χ0v) is 10.1. The van der Waals surface area contributed by atoms with Crippen LogP contribution in [0.2, 0.25) is 5.02 Å². The van der Waals surface area contributed by atoms with Crippen LogP contribution in [-0.2, 0) is 0 Å². The highest BCUT2D eigenvalue weighted by atomic mass is 35.5. The van der Waals surface area contributed by atoms with E-state index in [0.717, 1.165) is 0 Å². The second-order valence-corrected chi connectivity index (χ2v) is 3.69. The van der Waals surface area contributed by atoms with Gasteiger partial charge in [0, 0.05) is 0 Å². The maximum Gasteiger partial charge on any atom is 0.320 e. The Kier molecular flexibility index (Phi) is 4.81. The number of hydrogen-bond donors (Lipinski definition) is 3. The van der Waals surface area contributed by atoms with Gasteiger partial charge in [0.15, 0.2) is 11.9 Å². The largest absolute Gasteiger partial charge is 0.320 e. The quantitative estimate of drug-likeness (QED) is 0.736. The van der Waals surface area contributed by atoms with Gasteiger partial charge in [0.2, 0.25) is 0 Å². The van der Waals surface area contributed by atoms with E-state index in [1.165, 1.54) is 24.3 Å². The molecule has 0 aromatic heterocycles. The van der Waals surface area contributed by atoms with Crippen molar-refractivity contribution in [2.24, 2.45) is 0 Å². The van der Waals surface area contributed by atoms with Crippen molar-refractivity contribution in [2.45, 2.75) is 6.04 Å². The van der Waals surface area contributed by atoms with Gasteiger partial charge in [-0.2, -0.15) is 10.5 Å². The molecule has 0 aliphatic carbocycles. The third-order valence-electron chi connectivity index (χ3n) is 2.01. The predicted molar refractivity (Wildman–Crippen MR) is 66.3 cm³/mol. The highest BCUT2D eigenvalue weighted by molar-refractivity contribution is 6.31. The number of carbonyl (C=O) groups is 1. The van der Waals surface area contributed by atoms with E-state index in [1.54, 1.807) is 6.07 Å². The maximum atomic E-state index is 13.5. The van der Waals surface area contributed by atoms with Crippen molar-refractivity contribution in [1.82, 2.24) is 5.32 Å². The molecule has 1 aromatic rings. The van der Waals surface area contributed by atoms with Gasteiger partial charge in [-0.05, 0) is 12.1 Å². The van der Waals surface area contributed by atoms with Crippen molar-refractivity contribution in [2.75, 3.05) is 5.32 Å². The fraction of sp³-hybridized carbons (Fsp3) is 0.0909. The van der Waals surface area contributed by atoms with Gasteiger partial charge in [0.05, 0.1) is 16.8 Å². The second-order valence-electron chi connectivity index (χ2n) is 3.29. The summed E-state index contributed by atoms with van der Waals surface area (Å²) in [5.41, 5.74) is -0.797. The molecule has 1 atom stereocenters. The third kappa shape index (κ3) is 3.66. The van der Waals surface area contributed by atoms with Crippen molar-refractivity contribution < 1.29 is 9.18 Å². The molecule has 6 nitrogen and oxygen atoms in total. The van der Waals surface area contributed by atoms with E-state index < -0.39 is 23.6 Å². The Morgan fingerprint density at radius 1 is 1.47 bits per heavy atom. The van der Waals surface area contributed by atoms with Crippen molar-refractivity contribution >= 4 is 29.0 Å². The summed E-state index contributed by atoms with van der Waals surface area (Å²) in [6, 6.07) is 4.68. The van der Waals surface area contributed by atoms with E-state index in [2.05, 4.69) is 5.32 Å². The molecule has 0 bridgehead atoms. The zero-order chi connectivity index (χ0) is 14.4. The summed E-state index contributed by atoms with van der Waals surface area (Å²) < 4.78 is 13.5. The van der Waals surface area contributed by atoms with Crippen molar-refractivity contribution in [3.05, 3.63) is 29.0 Å². The van der Waals surface area contributed by atoms with E-state index in [-0.39, 0.29) is 10.7 Å². The minimum atomic E-state index is -1.40. The van der Waals surface area contributed by atoms with Crippen LogP contribution in [0.3, 0.4) is 0 Å². The number of carbonyl (C=O) groups excluding carboxylic acids is 1. The van der Waals surface area contributed by atoms with Crippen LogP contribution in [0.4, 0.5) is 14.9 Å². The normalized spacial score (nSPS) is 10.7. The van der Waals surface area contributed by atoms with Crippen LogP contribution in [0.25, 0.3) is 0 Å². The molecule has 1 unspecified atom stereocenters. The highest BCUT2D eigenvalue weighted by Crippen LogP contribution is 2.21. The summed E-state index contributed by atoms with van der Waals surface area (Å²) in [5, 5.41) is 28.2. The standard InChI is InChI=1S/C11H7ClFN5O/c12-6-2-1-3-8(10(6)13)17-11(19)18-9(5-15)7(16)4-14/h1-3,9,16H,(H2,17,18,19). The van der Waals surface area contributed by atoms with Crippen LogP contribution >= 0.6 is 11.6 Å². The van der Waals surface area contributed by atoms with Crippen molar-refractivity contribution in [3.8, 4) is 12.1 Å². The number of anilines is 1. The Balaban J connectivity index is 2.76. The molecule has 1 aromatic carbocycles. The van der Waals surface area contributed by atoms with E-state index in [4.69, 9.17) is 27.5 Å². The van der Waals surface area contributed by atoms with E-state index >= 15 is 0 Å². The molecule has 0 heterocycles. The molecule has 19 heavy (non-hydrogen) atoms. The van der Waals surface area contributed by atoms with Gasteiger partial charge in [-0.1, -0.05) is 17.7 Å². The first-order chi connectivity index (χ1) is 8.99. The summed E-state index contributed by atoms with van der Waals surface area (Å²) in [4.78, 5) is 11.5. The number of halogens is 2. The van der Waals surface area contributed by atoms with Gasteiger partial charge in [-0.3, -0.25) is 5.41 Å². The van der Waals surface area contributed by atoms with Crippen LogP contribution in [0.15, 0.2) is 18.2 Å². The molecule has 0 saturated carbocycles. The van der Waals surface area contributed by atoms with Crippen LogP contribution < -0.4 is 10.6 Å². The Hall–Kier alpha value is -2.64. The molecule has 0 saturated heterocycles. The first kappa shape index (κ1) is 14.4. The molecule has 0 aliphatic rings. The molecule has 2 amide bonds. The van der Waals surface area contributed by atoms with Crippen LogP contribution in [0, 0.1) is 33.9 Å². The van der Waals surface area contributed by atoms with Gasteiger partial charge in [-0.25, -0.2) is 9.18 Å². The maximum absolute atomic E-state index is 13.5. The topological polar surface area (TPSA) is 113 Å². The summed E-state index contributed by atoms with van der Waals surface area (Å²) in [6.07, 6.45) is 0. The lowest BCUT2D eigenvalue weighted by molar-refractivity contribution is 0.252. The predicted octanol–water partition coefficient (Wildman–Crippen LogP) is 2.04. The summed E-state index contributed by atoms with van der Waals surface area (Å²) in [6.45, 7) is 0. The van der Waals surface area contributed by atoms with Gasteiger partial charge in [-0.15, -0.1) is 0 Å². The fourth-order valence-electron chi connectivity index (χ4n) is 1.12. The molecule has 1 rings (SSSR count). The number of benzene rings is 1. The Labute approximate surface area is 112 Å². The molecular weight excluding hydrogens is 273 g/mol. The van der Waals surface area contributed by atoms with E-state index in [1.807, 2.05) is 5.32 Å². The minimum absolute atomic E-state index is 0.167. The molecule has 0 aliphatic heterocycles. The van der Waals surface area contributed by atoms with Crippen molar-refractivity contribution in [1.29, 1.82) is 15.9 Å². The average Bonchev–Trinajstić information content (AvgIpc) is 2.40. The Bertz CT molecular complexity index is 604. The number of urea groups is 1. The lowest BCUT2D eigenvalue weighted by Crippen LogP contribution is -2.41. The molecule has 0 radical (unpaired) electrons. The number of rotatable bonds is 3. The summed E-state index contributed by atoms with van der Waals surface area (Å²) in [7, 11) is 0. The molecule has 96 valence electrons. The van der Waals surface area contributed by atoms with E-state index in [0.29, 0.717) is 0 Å². The zero-order valence-electron chi connectivity index (χ0n) is 9.37. The first-order valence-electron chi connectivity index (χ1n) is 4.89.